The maximum Gasteiger partial charge on any atom is 0.239 e. The molecule has 1 aromatic carbocycles. The molecule has 0 bridgehead atoms. The molecule has 1 aliphatic heterocycles. The maximum atomic E-state index is 12.3. The molecular formula is C16H22N2O3. The minimum atomic E-state index is -0.558. The van der Waals surface area contributed by atoms with Crippen LogP contribution in [0, 0.1) is 5.92 Å². The van der Waals surface area contributed by atoms with Crippen molar-refractivity contribution in [1.82, 2.24) is 5.32 Å². The van der Waals surface area contributed by atoms with Crippen LogP contribution in [0.3, 0.4) is 0 Å². The first-order valence-electron chi connectivity index (χ1n) is 7.46. The second-order valence-corrected chi connectivity index (χ2v) is 5.01. The van der Waals surface area contributed by atoms with Crippen molar-refractivity contribution in [2.24, 2.45) is 5.92 Å². The van der Waals surface area contributed by atoms with E-state index in [1.54, 1.807) is 4.90 Å². The van der Waals surface area contributed by atoms with Gasteiger partial charge in [-0.3, -0.25) is 9.59 Å². The largest absolute Gasteiger partial charge is 0.382 e. The maximum absolute atomic E-state index is 12.3. The number of carbonyl (C=O) groups excluding carboxylic acids is 2. The van der Waals surface area contributed by atoms with Crippen molar-refractivity contribution in [3.63, 3.8) is 0 Å². The number of anilines is 1. The van der Waals surface area contributed by atoms with Crippen molar-refractivity contribution in [1.29, 1.82) is 0 Å². The Balaban J connectivity index is 1.82. The topological polar surface area (TPSA) is 58.6 Å². The fourth-order valence-corrected chi connectivity index (χ4v) is 2.44. The van der Waals surface area contributed by atoms with Crippen molar-refractivity contribution < 1.29 is 14.3 Å². The highest BCUT2D eigenvalue weighted by Gasteiger charge is 2.37. The van der Waals surface area contributed by atoms with Gasteiger partial charge < -0.3 is 15.0 Å². The monoisotopic (exact) mass is 290 g/mol. The Labute approximate surface area is 125 Å². The third-order valence-corrected chi connectivity index (χ3v) is 3.56. The van der Waals surface area contributed by atoms with Gasteiger partial charge in [0.1, 0.15) is 5.92 Å². The van der Waals surface area contributed by atoms with Gasteiger partial charge in [0.2, 0.25) is 11.8 Å². The van der Waals surface area contributed by atoms with Crippen LogP contribution < -0.4 is 10.2 Å². The van der Waals surface area contributed by atoms with Gasteiger partial charge in [-0.1, -0.05) is 18.2 Å². The van der Waals surface area contributed by atoms with Crippen molar-refractivity contribution in [3.05, 3.63) is 30.3 Å². The molecule has 114 valence electrons. The molecule has 21 heavy (non-hydrogen) atoms. The average Bonchev–Trinajstić information content (AvgIpc) is 2.89. The molecule has 1 saturated heterocycles. The van der Waals surface area contributed by atoms with E-state index in [0.717, 1.165) is 12.1 Å². The first kappa shape index (κ1) is 15.5. The van der Waals surface area contributed by atoms with E-state index in [0.29, 0.717) is 32.7 Å². The smallest absolute Gasteiger partial charge is 0.239 e. The molecular weight excluding hydrogens is 268 g/mol. The molecule has 5 nitrogen and oxygen atoms in total. The summed E-state index contributed by atoms with van der Waals surface area (Å²) in [5, 5.41) is 2.82. The number of benzene rings is 1. The summed E-state index contributed by atoms with van der Waals surface area (Å²) in [6, 6.07) is 9.47. The van der Waals surface area contributed by atoms with Gasteiger partial charge in [0, 0.05) is 32.0 Å². The van der Waals surface area contributed by atoms with Crippen molar-refractivity contribution in [2.45, 2.75) is 19.8 Å². The first-order valence-corrected chi connectivity index (χ1v) is 7.46. The molecule has 0 radical (unpaired) electrons. The lowest BCUT2D eigenvalue weighted by atomic mass is 10.1. The van der Waals surface area contributed by atoms with Crippen LogP contribution in [0.25, 0.3) is 0 Å². The Bertz CT molecular complexity index is 476. The van der Waals surface area contributed by atoms with E-state index in [-0.39, 0.29) is 11.8 Å². The third kappa shape index (κ3) is 4.04. The van der Waals surface area contributed by atoms with Crippen LogP contribution in [0.4, 0.5) is 5.69 Å². The number of nitrogens with one attached hydrogen (secondary N) is 1. The van der Waals surface area contributed by atoms with Gasteiger partial charge in [-0.05, 0) is 31.9 Å². The number of para-hydroxylation sites is 1. The fraction of sp³-hybridized carbons (Fsp3) is 0.500. The second kappa shape index (κ2) is 7.78. The van der Waals surface area contributed by atoms with Crippen LogP contribution in [0.5, 0.6) is 0 Å². The fourth-order valence-electron chi connectivity index (χ4n) is 2.44. The molecule has 1 atom stereocenters. The molecule has 5 heteroatoms. The van der Waals surface area contributed by atoms with E-state index in [2.05, 4.69) is 5.32 Å². The number of amides is 2. The van der Waals surface area contributed by atoms with E-state index >= 15 is 0 Å². The summed E-state index contributed by atoms with van der Waals surface area (Å²) < 4.78 is 5.21. The predicted molar refractivity (Wildman–Crippen MR) is 81.0 cm³/mol. The van der Waals surface area contributed by atoms with Crippen LogP contribution in [0.2, 0.25) is 0 Å². The Morgan fingerprint density at radius 2 is 2.14 bits per heavy atom. The van der Waals surface area contributed by atoms with Crippen molar-refractivity contribution in [3.8, 4) is 0 Å². The van der Waals surface area contributed by atoms with E-state index < -0.39 is 5.92 Å². The highest BCUT2D eigenvalue weighted by Crippen LogP contribution is 2.24. The van der Waals surface area contributed by atoms with E-state index in [1.165, 1.54) is 0 Å². The quantitative estimate of drug-likeness (QED) is 0.613. The summed E-state index contributed by atoms with van der Waals surface area (Å²) in [4.78, 5) is 26.1. The minimum absolute atomic E-state index is 0.108. The van der Waals surface area contributed by atoms with Crippen LogP contribution in [0.15, 0.2) is 30.3 Å². The van der Waals surface area contributed by atoms with Crippen LogP contribution >= 0.6 is 0 Å². The van der Waals surface area contributed by atoms with Gasteiger partial charge >= 0.3 is 0 Å². The number of hydrogen-bond acceptors (Lipinski definition) is 3. The first-order chi connectivity index (χ1) is 10.2. The lowest BCUT2D eigenvalue weighted by Crippen LogP contribution is -2.37. The highest BCUT2D eigenvalue weighted by atomic mass is 16.5. The Morgan fingerprint density at radius 1 is 1.38 bits per heavy atom. The average molecular weight is 290 g/mol. The zero-order valence-electron chi connectivity index (χ0n) is 12.4. The molecule has 0 spiro atoms. The summed E-state index contributed by atoms with van der Waals surface area (Å²) in [6.07, 6.45) is 1.34. The molecule has 1 heterocycles. The molecule has 0 aromatic heterocycles. The number of carbonyl (C=O) groups is 2. The molecule has 1 fully saturated rings. The number of hydrogen-bond donors (Lipinski definition) is 1. The Morgan fingerprint density at radius 3 is 2.86 bits per heavy atom. The molecule has 2 amide bonds. The standard InChI is InChI=1S/C16H22N2O3/c1-2-21-12-6-10-17-15(19)14-9-11-18(16(14)20)13-7-4-3-5-8-13/h3-5,7-8,14H,2,6,9-12H2,1H3,(H,17,19). The zero-order chi connectivity index (χ0) is 15.1. The van der Waals surface area contributed by atoms with E-state index in [1.807, 2.05) is 37.3 Å². The van der Waals surface area contributed by atoms with E-state index in [4.69, 9.17) is 4.74 Å². The normalized spacial score (nSPS) is 18.0. The zero-order valence-corrected chi connectivity index (χ0v) is 12.4. The van der Waals surface area contributed by atoms with E-state index in [9.17, 15) is 9.59 Å². The van der Waals surface area contributed by atoms with Crippen LogP contribution in [0.1, 0.15) is 19.8 Å². The third-order valence-electron chi connectivity index (χ3n) is 3.56. The number of ether oxygens (including phenoxy) is 1. The summed E-state index contributed by atoms with van der Waals surface area (Å²) in [5.74, 6) is -0.837. The van der Waals surface area contributed by atoms with Crippen LogP contribution in [-0.2, 0) is 14.3 Å². The summed E-state index contributed by atoms with van der Waals surface area (Å²) >= 11 is 0. The van der Waals surface area contributed by atoms with Gasteiger partial charge in [0.25, 0.3) is 0 Å². The number of rotatable bonds is 7. The SMILES string of the molecule is CCOCCCNC(=O)C1CCN(c2ccccc2)C1=O. The van der Waals surface area contributed by atoms with Crippen LogP contribution in [-0.4, -0.2) is 38.1 Å². The predicted octanol–water partition coefficient (Wildman–Crippen LogP) is 1.58. The molecule has 1 aliphatic rings. The molecule has 2 rings (SSSR count). The van der Waals surface area contributed by atoms with Crippen molar-refractivity contribution >= 4 is 17.5 Å². The van der Waals surface area contributed by atoms with Gasteiger partial charge in [-0.25, -0.2) is 0 Å². The molecule has 1 N–H and O–H groups in total. The molecule has 0 saturated carbocycles. The highest BCUT2D eigenvalue weighted by molar-refractivity contribution is 6.09. The lowest BCUT2D eigenvalue weighted by molar-refractivity contribution is -0.132. The second-order valence-electron chi connectivity index (χ2n) is 5.01. The Hall–Kier alpha value is -1.88. The van der Waals surface area contributed by atoms with Crippen molar-refractivity contribution in [2.75, 3.05) is 31.2 Å². The Kier molecular flexibility index (Phi) is 5.75. The lowest BCUT2D eigenvalue weighted by Gasteiger charge is -2.16. The minimum Gasteiger partial charge on any atom is -0.382 e. The van der Waals surface area contributed by atoms with Gasteiger partial charge in [-0.2, -0.15) is 0 Å². The molecule has 0 aliphatic carbocycles. The molecule has 1 aromatic rings. The van der Waals surface area contributed by atoms with Gasteiger partial charge in [0.05, 0.1) is 0 Å². The summed E-state index contributed by atoms with van der Waals surface area (Å²) in [7, 11) is 0. The summed E-state index contributed by atoms with van der Waals surface area (Å²) in [5.41, 5.74) is 0.856. The summed E-state index contributed by atoms with van der Waals surface area (Å²) in [6.45, 7) is 4.40. The van der Waals surface area contributed by atoms with Gasteiger partial charge in [0.15, 0.2) is 0 Å². The molecule has 1 unspecified atom stereocenters. The number of nitrogens with zero attached hydrogens (tertiary/aromatic N) is 1. The van der Waals surface area contributed by atoms with Gasteiger partial charge in [-0.15, -0.1) is 0 Å².